The lowest BCUT2D eigenvalue weighted by atomic mass is 9.65. The molecular weight excluding hydrogens is 484 g/mol. The van der Waals surface area contributed by atoms with Crippen molar-refractivity contribution in [2.24, 2.45) is 16.7 Å². The largest absolute Gasteiger partial charge is 0.468 e. The standard InChI is InChI=1S/C30H38N2O6/c1-19-12-13-23(37-19)17-31-26(33)14-22-16-30(28(35)36-6)20(2)38-25(29(3,4)5)15-24(30)32(27(22)34)18-21-10-8-7-9-11-21/h7-13,15,20,22,25H,14,16-18H2,1-6H3,(H,31,33)/t20-,22+,25-,30+/m1/s1. The van der Waals surface area contributed by atoms with Crippen molar-refractivity contribution < 1.29 is 28.3 Å². The number of piperidine rings is 1. The van der Waals surface area contributed by atoms with E-state index in [9.17, 15) is 14.4 Å². The highest BCUT2D eigenvalue weighted by Gasteiger charge is 2.60. The van der Waals surface area contributed by atoms with Crippen LogP contribution in [0.4, 0.5) is 0 Å². The minimum absolute atomic E-state index is 0.0642. The Balaban J connectivity index is 1.70. The van der Waals surface area contributed by atoms with Gasteiger partial charge in [-0.1, -0.05) is 51.1 Å². The fraction of sp³-hybridized carbons (Fsp3) is 0.500. The molecule has 1 saturated heterocycles. The normalized spacial score (nSPS) is 25.4. The first-order valence-corrected chi connectivity index (χ1v) is 13.1. The summed E-state index contributed by atoms with van der Waals surface area (Å²) >= 11 is 0. The van der Waals surface area contributed by atoms with Gasteiger partial charge in [0.1, 0.15) is 16.9 Å². The van der Waals surface area contributed by atoms with Crippen molar-refractivity contribution in [2.45, 2.75) is 72.8 Å². The number of fused-ring (bicyclic) bond motifs is 1. The molecule has 0 aliphatic carbocycles. The third-order valence-electron chi connectivity index (χ3n) is 7.56. The number of hydrogen-bond donors (Lipinski definition) is 1. The number of nitrogens with zero attached hydrogens (tertiary/aromatic N) is 1. The number of ether oxygens (including phenoxy) is 2. The fourth-order valence-corrected chi connectivity index (χ4v) is 5.43. The van der Waals surface area contributed by atoms with E-state index in [-0.39, 0.29) is 49.3 Å². The minimum atomic E-state index is -1.22. The number of nitrogens with one attached hydrogen (secondary N) is 1. The molecule has 2 aliphatic heterocycles. The van der Waals surface area contributed by atoms with E-state index in [2.05, 4.69) is 26.1 Å². The first-order valence-electron chi connectivity index (χ1n) is 13.1. The molecule has 0 radical (unpaired) electrons. The Bertz CT molecular complexity index is 1210. The molecule has 0 spiro atoms. The number of methoxy groups -OCH3 is 1. The van der Waals surface area contributed by atoms with E-state index >= 15 is 0 Å². The van der Waals surface area contributed by atoms with Gasteiger partial charge < -0.3 is 24.1 Å². The summed E-state index contributed by atoms with van der Waals surface area (Å²) in [6.07, 6.45) is 1.09. The summed E-state index contributed by atoms with van der Waals surface area (Å²) in [7, 11) is 1.35. The predicted octanol–water partition coefficient (Wildman–Crippen LogP) is 4.52. The van der Waals surface area contributed by atoms with Gasteiger partial charge in [-0.3, -0.25) is 14.4 Å². The minimum Gasteiger partial charge on any atom is -0.468 e. The van der Waals surface area contributed by atoms with Gasteiger partial charge in [0.2, 0.25) is 11.8 Å². The molecule has 4 atom stereocenters. The van der Waals surface area contributed by atoms with Gasteiger partial charge in [0.05, 0.1) is 32.4 Å². The number of benzene rings is 1. The summed E-state index contributed by atoms with van der Waals surface area (Å²) < 4.78 is 17.3. The number of carbonyl (C=O) groups excluding carboxylic acids is 3. The van der Waals surface area contributed by atoms with Crippen molar-refractivity contribution in [3.63, 3.8) is 0 Å². The average Bonchev–Trinajstić information content (AvgIpc) is 3.30. The molecule has 1 aromatic carbocycles. The lowest BCUT2D eigenvalue weighted by Crippen LogP contribution is -2.60. The molecule has 2 aliphatic rings. The number of likely N-dealkylation sites (tertiary alicyclic amines) is 1. The van der Waals surface area contributed by atoms with E-state index in [0.717, 1.165) is 11.3 Å². The molecule has 8 heteroatoms. The van der Waals surface area contributed by atoms with Crippen LogP contribution in [0.1, 0.15) is 57.6 Å². The smallest absolute Gasteiger partial charge is 0.320 e. The Morgan fingerprint density at radius 3 is 2.47 bits per heavy atom. The molecule has 2 aromatic rings. The van der Waals surface area contributed by atoms with Gasteiger partial charge >= 0.3 is 5.97 Å². The lowest BCUT2D eigenvalue weighted by Gasteiger charge is -2.53. The summed E-state index contributed by atoms with van der Waals surface area (Å²) in [6, 6.07) is 13.3. The highest BCUT2D eigenvalue weighted by molar-refractivity contribution is 5.92. The molecule has 38 heavy (non-hydrogen) atoms. The van der Waals surface area contributed by atoms with E-state index in [1.807, 2.05) is 56.3 Å². The number of aryl methyl sites for hydroxylation is 1. The molecule has 1 N–H and O–H groups in total. The topological polar surface area (TPSA) is 98.1 Å². The van der Waals surface area contributed by atoms with Crippen LogP contribution in [0.3, 0.4) is 0 Å². The fourth-order valence-electron chi connectivity index (χ4n) is 5.43. The van der Waals surface area contributed by atoms with Crippen molar-refractivity contribution in [1.29, 1.82) is 0 Å². The second kappa shape index (κ2) is 10.8. The van der Waals surface area contributed by atoms with Crippen LogP contribution in [0.5, 0.6) is 0 Å². The molecule has 1 fully saturated rings. The number of rotatable bonds is 7. The molecule has 0 saturated carbocycles. The third kappa shape index (κ3) is 5.41. The summed E-state index contributed by atoms with van der Waals surface area (Å²) in [5.41, 5.74) is 0.0404. The zero-order valence-corrected chi connectivity index (χ0v) is 23.1. The van der Waals surface area contributed by atoms with Gasteiger partial charge in [-0.15, -0.1) is 0 Å². The van der Waals surface area contributed by atoms with Gasteiger partial charge in [-0.2, -0.15) is 0 Å². The summed E-state index contributed by atoms with van der Waals surface area (Å²) in [4.78, 5) is 42.2. The Hall–Kier alpha value is -3.39. The zero-order valence-electron chi connectivity index (χ0n) is 23.1. The van der Waals surface area contributed by atoms with Crippen molar-refractivity contribution in [3.05, 3.63) is 71.3 Å². The quantitative estimate of drug-likeness (QED) is 0.537. The number of esters is 1. The van der Waals surface area contributed by atoms with Crippen LogP contribution in [0.15, 0.2) is 58.7 Å². The predicted molar refractivity (Wildman–Crippen MR) is 141 cm³/mol. The van der Waals surface area contributed by atoms with Crippen LogP contribution in [0, 0.1) is 23.7 Å². The van der Waals surface area contributed by atoms with Crippen LogP contribution >= 0.6 is 0 Å². The number of furan rings is 1. The molecule has 8 nitrogen and oxygen atoms in total. The van der Waals surface area contributed by atoms with Gasteiger partial charge in [-0.25, -0.2) is 0 Å². The maximum Gasteiger partial charge on any atom is 0.320 e. The number of carbonyl (C=O) groups is 3. The van der Waals surface area contributed by atoms with Gasteiger partial charge in [0.15, 0.2) is 0 Å². The maximum absolute atomic E-state index is 14.0. The molecule has 204 valence electrons. The Morgan fingerprint density at radius 1 is 1.16 bits per heavy atom. The van der Waals surface area contributed by atoms with Crippen molar-refractivity contribution >= 4 is 17.8 Å². The average molecular weight is 523 g/mol. The first-order chi connectivity index (χ1) is 18.0. The molecule has 0 bridgehead atoms. The van der Waals surface area contributed by atoms with Crippen LogP contribution in [0.2, 0.25) is 0 Å². The number of amides is 2. The van der Waals surface area contributed by atoms with E-state index < -0.39 is 23.4 Å². The molecule has 1 aromatic heterocycles. The van der Waals surface area contributed by atoms with E-state index in [1.165, 1.54) is 7.11 Å². The number of hydrogen-bond acceptors (Lipinski definition) is 6. The highest BCUT2D eigenvalue weighted by Crippen LogP contribution is 2.52. The summed E-state index contributed by atoms with van der Waals surface area (Å²) in [5, 5.41) is 2.85. The van der Waals surface area contributed by atoms with E-state index in [1.54, 1.807) is 11.0 Å². The maximum atomic E-state index is 14.0. The van der Waals surface area contributed by atoms with Crippen LogP contribution < -0.4 is 5.32 Å². The van der Waals surface area contributed by atoms with Crippen LogP contribution in [-0.2, 0) is 36.9 Å². The van der Waals surface area contributed by atoms with Gasteiger partial charge in [0, 0.05) is 18.0 Å². The third-order valence-corrected chi connectivity index (χ3v) is 7.56. The Morgan fingerprint density at radius 2 is 1.87 bits per heavy atom. The van der Waals surface area contributed by atoms with Gasteiger partial charge in [-0.05, 0) is 49.5 Å². The highest BCUT2D eigenvalue weighted by atomic mass is 16.5. The van der Waals surface area contributed by atoms with Crippen molar-refractivity contribution in [2.75, 3.05) is 7.11 Å². The van der Waals surface area contributed by atoms with Crippen molar-refractivity contribution in [3.8, 4) is 0 Å². The molecule has 0 unspecified atom stereocenters. The SMILES string of the molecule is COC(=O)[C@]12C[C@H](CC(=O)NCc3ccc(C)o3)C(=O)N(Cc3ccccc3)C1=C[C@H](C(C)(C)C)O[C@@H]2C. The van der Waals surface area contributed by atoms with Crippen molar-refractivity contribution in [1.82, 2.24) is 10.2 Å². The van der Waals surface area contributed by atoms with Gasteiger partial charge in [0.25, 0.3) is 0 Å². The second-order valence-electron chi connectivity index (χ2n) is 11.4. The molecule has 2 amide bonds. The zero-order chi connectivity index (χ0) is 27.7. The molecule has 3 heterocycles. The second-order valence-corrected chi connectivity index (χ2v) is 11.4. The molecular formula is C30H38N2O6. The Labute approximate surface area is 224 Å². The Kier molecular flexibility index (Phi) is 7.83. The lowest BCUT2D eigenvalue weighted by molar-refractivity contribution is -0.180. The first kappa shape index (κ1) is 27.6. The summed E-state index contributed by atoms with van der Waals surface area (Å²) in [5.74, 6) is -0.286. The van der Waals surface area contributed by atoms with E-state index in [4.69, 9.17) is 13.9 Å². The summed E-state index contributed by atoms with van der Waals surface area (Å²) in [6.45, 7) is 10.4. The van der Waals surface area contributed by atoms with Crippen LogP contribution in [0.25, 0.3) is 0 Å². The monoisotopic (exact) mass is 522 g/mol. The molecule has 4 rings (SSSR count). The van der Waals surface area contributed by atoms with E-state index in [0.29, 0.717) is 11.5 Å². The van der Waals surface area contributed by atoms with Crippen LogP contribution in [-0.4, -0.2) is 42.0 Å².